The lowest BCUT2D eigenvalue weighted by Gasteiger charge is -2.07. The fraction of sp³-hybridized carbons (Fsp3) is 0.167. The molecule has 0 aliphatic carbocycles. The number of methoxy groups -OCH3 is 1. The van der Waals surface area contributed by atoms with E-state index in [2.05, 4.69) is 0 Å². The zero-order chi connectivity index (χ0) is 15.5. The second kappa shape index (κ2) is 6.28. The molecule has 1 heterocycles. The average molecular weight is 312 g/mol. The molecule has 112 valence electrons. The fourth-order valence-electron chi connectivity index (χ4n) is 2.31. The van der Waals surface area contributed by atoms with E-state index in [1.807, 2.05) is 49.4 Å². The Labute approximate surface area is 132 Å². The van der Waals surface area contributed by atoms with Gasteiger partial charge < -0.3 is 9.15 Å². The summed E-state index contributed by atoms with van der Waals surface area (Å²) in [5, 5.41) is 0.987. The largest absolute Gasteiger partial charge is 0.497 e. The Hall–Kier alpha value is -2.20. The minimum absolute atomic E-state index is 0.306. The third-order valence-corrected chi connectivity index (χ3v) is 4.46. The van der Waals surface area contributed by atoms with E-state index < -0.39 is 0 Å². The zero-order valence-corrected chi connectivity index (χ0v) is 13.3. The molecule has 0 aliphatic heterocycles. The van der Waals surface area contributed by atoms with Crippen LogP contribution < -0.4 is 10.4 Å². The van der Waals surface area contributed by atoms with Crippen molar-refractivity contribution in [3.05, 3.63) is 70.1 Å². The molecule has 0 amide bonds. The number of benzene rings is 2. The van der Waals surface area contributed by atoms with E-state index in [9.17, 15) is 4.79 Å². The Bertz CT molecular complexity index is 868. The first-order valence-corrected chi connectivity index (χ1v) is 7.94. The third-order valence-electron chi connectivity index (χ3n) is 3.42. The summed E-state index contributed by atoms with van der Waals surface area (Å²) < 4.78 is 10.5. The predicted molar refractivity (Wildman–Crippen MR) is 89.8 cm³/mol. The summed E-state index contributed by atoms with van der Waals surface area (Å²) in [5.74, 6) is 1.54. The van der Waals surface area contributed by atoms with Gasteiger partial charge in [0.2, 0.25) is 0 Å². The Kier molecular flexibility index (Phi) is 4.20. The second-order valence-electron chi connectivity index (χ2n) is 5.06. The highest BCUT2D eigenvalue weighted by atomic mass is 32.2. The Balaban J connectivity index is 1.91. The second-order valence-corrected chi connectivity index (χ2v) is 6.11. The molecule has 3 aromatic rings. The molecule has 0 unspecified atom stereocenters. The van der Waals surface area contributed by atoms with Gasteiger partial charge in [-0.05, 0) is 42.3 Å². The summed E-state index contributed by atoms with van der Waals surface area (Å²) in [6.45, 7) is 1.98. The summed E-state index contributed by atoms with van der Waals surface area (Å²) >= 11 is 1.67. The maximum atomic E-state index is 11.7. The highest BCUT2D eigenvalue weighted by molar-refractivity contribution is 7.98. The van der Waals surface area contributed by atoms with E-state index in [4.69, 9.17) is 9.15 Å². The molecule has 0 saturated carbocycles. The Morgan fingerprint density at radius 3 is 2.82 bits per heavy atom. The van der Waals surface area contributed by atoms with Crippen molar-refractivity contribution in [1.29, 1.82) is 0 Å². The number of fused-ring (bicyclic) bond motifs is 1. The van der Waals surface area contributed by atoms with Crippen molar-refractivity contribution in [3.63, 3.8) is 0 Å². The molecular formula is C18H16O3S. The van der Waals surface area contributed by atoms with Crippen LogP contribution in [0.4, 0.5) is 0 Å². The molecule has 1 aromatic heterocycles. The van der Waals surface area contributed by atoms with Crippen LogP contribution in [-0.4, -0.2) is 7.11 Å². The zero-order valence-electron chi connectivity index (χ0n) is 12.5. The van der Waals surface area contributed by atoms with Crippen LogP contribution in [0.25, 0.3) is 11.0 Å². The number of aryl methyl sites for hydroxylation is 1. The van der Waals surface area contributed by atoms with Gasteiger partial charge in [-0.3, -0.25) is 0 Å². The van der Waals surface area contributed by atoms with Gasteiger partial charge in [-0.2, -0.15) is 0 Å². The van der Waals surface area contributed by atoms with Crippen LogP contribution in [0.5, 0.6) is 5.75 Å². The van der Waals surface area contributed by atoms with Gasteiger partial charge in [0.05, 0.1) is 7.11 Å². The van der Waals surface area contributed by atoms with Crippen molar-refractivity contribution < 1.29 is 9.15 Å². The van der Waals surface area contributed by atoms with Crippen LogP contribution in [-0.2, 0) is 5.75 Å². The monoisotopic (exact) mass is 312 g/mol. The highest BCUT2D eigenvalue weighted by Gasteiger charge is 2.07. The molecule has 3 rings (SSSR count). The Morgan fingerprint density at radius 1 is 1.14 bits per heavy atom. The molecule has 0 atom stereocenters. The number of thioether (sulfide) groups is 1. The van der Waals surface area contributed by atoms with Crippen molar-refractivity contribution in [3.8, 4) is 5.75 Å². The van der Waals surface area contributed by atoms with Gasteiger partial charge in [-0.1, -0.05) is 18.2 Å². The molecule has 0 N–H and O–H groups in total. The van der Waals surface area contributed by atoms with Crippen LogP contribution in [0.3, 0.4) is 0 Å². The molecule has 0 bridgehead atoms. The summed E-state index contributed by atoms with van der Waals surface area (Å²) in [6.07, 6.45) is 0. The molecule has 3 nitrogen and oxygen atoms in total. The van der Waals surface area contributed by atoms with Crippen molar-refractivity contribution in [2.24, 2.45) is 0 Å². The SMILES string of the molecule is COc1cccc(SCc2cc(=O)oc3cc(C)ccc23)c1. The van der Waals surface area contributed by atoms with Crippen LogP contribution >= 0.6 is 11.8 Å². The first-order valence-electron chi connectivity index (χ1n) is 6.96. The summed E-state index contributed by atoms with van der Waals surface area (Å²) in [4.78, 5) is 12.8. The summed E-state index contributed by atoms with van der Waals surface area (Å²) in [7, 11) is 1.65. The topological polar surface area (TPSA) is 39.4 Å². The van der Waals surface area contributed by atoms with E-state index >= 15 is 0 Å². The van der Waals surface area contributed by atoms with Gasteiger partial charge >= 0.3 is 5.63 Å². The number of rotatable bonds is 4. The minimum Gasteiger partial charge on any atom is -0.497 e. The van der Waals surface area contributed by atoms with E-state index in [1.165, 1.54) is 0 Å². The molecule has 4 heteroatoms. The van der Waals surface area contributed by atoms with Crippen molar-refractivity contribution in [2.75, 3.05) is 7.11 Å². The maximum Gasteiger partial charge on any atom is 0.336 e. The van der Waals surface area contributed by atoms with Gasteiger partial charge in [0.1, 0.15) is 11.3 Å². The minimum atomic E-state index is -0.306. The van der Waals surface area contributed by atoms with Crippen LogP contribution in [0.1, 0.15) is 11.1 Å². The lowest BCUT2D eigenvalue weighted by Crippen LogP contribution is -2.00. The van der Waals surface area contributed by atoms with Crippen molar-refractivity contribution in [1.82, 2.24) is 0 Å². The number of ether oxygens (including phenoxy) is 1. The van der Waals surface area contributed by atoms with Crippen LogP contribution in [0.15, 0.2) is 62.6 Å². The predicted octanol–water partition coefficient (Wildman–Crippen LogP) is 4.40. The molecule has 0 saturated heterocycles. The van der Waals surface area contributed by atoms with Crippen molar-refractivity contribution >= 4 is 22.7 Å². The molecule has 0 fully saturated rings. The third kappa shape index (κ3) is 3.17. The number of hydrogen-bond donors (Lipinski definition) is 0. The Morgan fingerprint density at radius 2 is 2.00 bits per heavy atom. The van der Waals surface area contributed by atoms with E-state index in [-0.39, 0.29) is 5.63 Å². The van der Waals surface area contributed by atoms with Gasteiger partial charge in [0.25, 0.3) is 0 Å². The van der Waals surface area contributed by atoms with Crippen molar-refractivity contribution in [2.45, 2.75) is 17.6 Å². The van der Waals surface area contributed by atoms with Gasteiger partial charge in [0.15, 0.2) is 0 Å². The van der Waals surface area contributed by atoms with Gasteiger partial charge in [-0.15, -0.1) is 11.8 Å². The van der Waals surface area contributed by atoms with Crippen LogP contribution in [0.2, 0.25) is 0 Å². The molecule has 0 spiro atoms. The summed E-state index contributed by atoms with van der Waals surface area (Å²) in [6, 6.07) is 15.4. The molecule has 22 heavy (non-hydrogen) atoms. The normalized spacial score (nSPS) is 10.8. The van der Waals surface area contributed by atoms with Crippen LogP contribution in [0, 0.1) is 6.92 Å². The van der Waals surface area contributed by atoms with Gasteiger partial charge in [0, 0.05) is 22.1 Å². The molecular weight excluding hydrogens is 296 g/mol. The standard InChI is InChI=1S/C18H16O3S/c1-12-6-7-16-13(9-18(19)21-17(16)8-12)11-22-15-5-3-4-14(10-15)20-2/h3-10H,11H2,1-2H3. The lowest BCUT2D eigenvalue weighted by molar-refractivity contribution is 0.413. The van der Waals surface area contributed by atoms with E-state index in [0.29, 0.717) is 11.3 Å². The molecule has 0 radical (unpaired) electrons. The van der Waals surface area contributed by atoms with E-state index in [1.54, 1.807) is 24.9 Å². The smallest absolute Gasteiger partial charge is 0.336 e. The molecule has 2 aromatic carbocycles. The highest BCUT2D eigenvalue weighted by Crippen LogP contribution is 2.28. The maximum absolute atomic E-state index is 11.7. The first-order chi connectivity index (χ1) is 10.7. The quantitative estimate of drug-likeness (QED) is 0.529. The number of hydrogen-bond acceptors (Lipinski definition) is 4. The van der Waals surface area contributed by atoms with Gasteiger partial charge in [-0.25, -0.2) is 4.79 Å². The lowest BCUT2D eigenvalue weighted by atomic mass is 10.1. The molecule has 0 aliphatic rings. The fourth-order valence-corrected chi connectivity index (χ4v) is 3.24. The summed E-state index contributed by atoms with van der Waals surface area (Å²) in [5.41, 5.74) is 2.40. The average Bonchev–Trinajstić information content (AvgIpc) is 2.52. The van der Waals surface area contributed by atoms with E-state index in [0.717, 1.165) is 27.2 Å². The first kappa shape index (κ1) is 14.7.